The molecule has 0 radical (unpaired) electrons. The van der Waals surface area contributed by atoms with Gasteiger partial charge in [-0.25, -0.2) is 13.1 Å². The fraction of sp³-hybridized carbons (Fsp3) is 0.400. The van der Waals surface area contributed by atoms with Gasteiger partial charge in [-0.2, -0.15) is 11.8 Å². The number of thioether (sulfide) groups is 1. The summed E-state index contributed by atoms with van der Waals surface area (Å²) in [6, 6.07) is 3.60. The molecule has 1 aromatic carbocycles. The van der Waals surface area contributed by atoms with Gasteiger partial charge in [-0.1, -0.05) is 0 Å². The molecule has 7 nitrogen and oxygen atoms in total. The van der Waals surface area contributed by atoms with Crippen LogP contribution in [0.15, 0.2) is 23.1 Å². The molecule has 0 saturated heterocycles. The van der Waals surface area contributed by atoms with Crippen molar-refractivity contribution in [1.82, 2.24) is 4.72 Å². The van der Waals surface area contributed by atoms with Crippen LogP contribution in [0.25, 0.3) is 0 Å². The highest BCUT2D eigenvalue weighted by atomic mass is 32.2. The van der Waals surface area contributed by atoms with Gasteiger partial charge < -0.3 is 5.32 Å². The topological polar surface area (TPSA) is 101 Å². The number of nitro benzene ring substituents is 1. The van der Waals surface area contributed by atoms with Crippen molar-refractivity contribution in [2.45, 2.75) is 4.90 Å². The molecule has 0 spiro atoms. The molecule has 0 aliphatic carbocycles. The van der Waals surface area contributed by atoms with Gasteiger partial charge in [0.1, 0.15) is 4.90 Å². The molecule has 0 bridgehead atoms. The van der Waals surface area contributed by atoms with E-state index in [9.17, 15) is 18.5 Å². The first-order valence-electron chi connectivity index (χ1n) is 5.37. The first-order valence-corrected chi connectivity index (χ1v) is 8.25. The molecular weight excluding hydrogens is 290 g/mol. The third kappa shape index (κ3) is 4.08. The van der Waals surface area contributed by atoms with Crippen LogP contribution in [-0.4, -0.2) is 38.9 Å². The van der Waals surface area contributed by atoms with E-state index >= 15 is 0 Å². The van der Waals surface area contributed by atoms with Crippen LogP contribution in [0.1, 0.15) is 0 Å². The number of benzene rings is 1. The van der Waals surface area contributed by atoms with Crippen molar-refractivity contribution in [2.24, 2.45) is 0 Å². The first kappa shape index (κ1) is 15.7. The molecule has 0 atom stereocenters. The first-order chi connectivity index (χ1) is 8.92. The number of hydrogen-bond acceptors (Lipinski definition) is 6. The molecule has 19 heavy (non-hydrogen) atoms. The monoisotopic (exact) mass is 305 g/mol. The number of sulfonamides is 1. The van der Waals surface area contributed by atoms with Gasteiger partial charge in [0.05, 0.1) is 10.6 Å². The fourth-order valence-electron chi connectivity index (χ4n) is 1.42. The van der Waals surface area contributed by atoms with Crippen molar-refractivity contribution >= 4 is 33.2 Å². The largest absolute Gasteiger partial charge is 0.387 e. The second-order valence-electron chi connectivity index (χ2n) is 3.58. The minimum atomic E-state index is -3.67. The Balaban J connectivity index is 3.09. The molecular formula is C10H15N3O4S2. The molecule has 0 aliphatic rings. The predicted molar refractivity (Wildman–Crippen MR) is 76.2 cm³/mol. The summed E-state index contributed by atoms with van der Waals surface area (Å²) in [4.78, 5) is 10.1. The molecule has 0 fully saturated rings. The molecule has 0 aromatic heterocycles. The summed E-state index contributed by atoms with van der Waals surface area (Å²) in [7, 11) is -2.15. The highest BCUT2D eigenvalue weighted by Gasteiger charge is 2.20. The molecule has 0 amide bonds. The molecule has 2 N–H and O–H groups in total. The number of nitrogens with zero attached hydrogens (tertiary/aromatic N) is 1. The summed E-state index contributed by atoms with van der Waals surface area (Å²) in [5, 5.41) is 13.3. The van der Waals surface area contributed by atoms with Crippen LogP contribution in [0.3, 0.4) is 0 Å². The van der Waals surface area contributed by atoms with Gasteiger partial charge in [0, 0.05) is 31.5 Å². The van der Waals surface area contributed by atoms with E-state index in [4.69, 9.17) is 0 Å². The average molecular weight is 305 g/mol. The highest BCUT2D eigenvalue weighted by molar-refractivity contribution is 7.98. The maximum atomic E-state index is 12.0. The minimum Gasteiger partial charge on any atom is -0.387 e. The third-order valence-corrected chi connectivity index (χ3v) is 4.46. The maximum absolute atomic E-state index is 12.0. The summed E-state index contributed by atoms with van der Waals surface area (Å²) < 4.78 is 26.5. The van der Waals surface area contributed by atoms with Crippen LogP contribution in [0.5, 0.6) is 0 Å². The Morgan fingerprint density at radius 1 is 1.42 bits per heavy atom. The maximum Gasteiger partial charge on any atom is 0.271 e. The summed E-state index contributed by atoms with van der Waals surface area (Å²) in [6.07, 6.45) is 1.87. The van der Waals surface area contributed by atoms with Crippen LogP contribution >= 0.6 is 11.8 Å². The Labute approximate surface area is 116 Å². The lowest BCUT2D eigenvalue weighted by Crippen LogP contribution is -2.26. The van der Waals surface area contributed by atoms with E-state index in [2.05, 4.69) is 10.0 Å². The van der Waals surface area contributed by atoms with Gasteiger partial charge in [0.2, 0.25) is 10.0 Å². The van der Waals surface area contributed by atoms with Crippen molar-refractivity contribution in [2.75, 3.05) is 30.9 Å². The van der Waals surface area contributed by atoms with Crippen LogP contribution in [0.2, 0.25) is 0 Å². The number of nitro groups is 1. The second kappa shape index (κ2) is 6.73. The van der Waals surface area contributed by atoms with Gasteiger partial charge in [-0.05, 0) is 12.3 Å². The van der Waals surface area contributed by atoms with E-state index in [1.54, 1.807) is 0 Å². The normalized spacial score (nSPS) is 11.3. The van der Waals surface area contributed by atoms with Crippen LogP contribution in [0.4, 0.5) is 11.4 Å². The lowest BCUT2D eigenvalue weighted by atomic mass is 10.3. The van der Waals surface area contributed by atoms with Gasteiger partial charge >= 0.3 is 0 Å². The molecule has 1 aromatic rings. The Morgan fingerprint density at radius 2 is 2.11 bits per heavy atom. The SMILES string of the molecule is CNc1cc([N+](=O)[O-])ccc1S(=O)(=O)NCCSC. The fourth-order valence-corrected chi connectivity index (χ4v) is 3.08. The third-order valence-electron chi connectivity index (χ3n) is 2.33. The Kier molecular flexibility index (Phi) is 5.58. The van der Waals surface area contributed by atoms with Crippen LogP contribution in [0, 0.1) is 10.1 Å². The van der Waals surface area contributed by atoms with E-state index in [0.29, 0.717) is 12.3 Å². The number of hydrogen-bond donors (Lipinski definition) is 2. The van der Waals surface area contributed by atoms with Gasteiger partial charge in [0.25, 0.3) is 5.69 Å². The van der Waals surface area contributed by atoms with E-state index in [0.717, 1.165) is 0 Å². The zero-order valence-electron chi connectivity index (χ0n) is 10.5. The van der Waals surface area contributed by atoms with E-state index in [1.165, 1.54) is 37.0 Å². The van der Waals surface area contributed by atoms with Crippen molar-refractivity contribution < 1.29 is 13.3 Å². The molecule has 9 heteroatoms. The van der Waals surface area contributed by atoms with Crippen molar-refractivity contribution in [3.8, 4) is 0 Å². The number of nitrogens with one attached hydrogen (secondary N) is 2. The average Bonchev–Trinajstić information content (AvgIpc) is 2.38. The molecule has 0 saturated carbocycles. The molecule has 106 valence electrons. The molecule has 0 aliphatic heterocycles. The quantitative estimate of drug-likeness (QED) is 0.447. The zero-order chi connectivity index (χ0) is 14.5. The summed E-state index contributed by atoms with van der Waals surface area (Å²) >= 11 is 1.52. The van der Waals surface area contributed by atoms with E-state index < -0.39 is 14.9 Å². The Hall–Kier alpha value is -1.32. The van der Waals surface area contributed by atoms with E-state index in [-0.39, 0.29) is 16.3 Å². The minimum absolute atomic E-state index is 0.00158. The summed E-state index contributed by atoms with van der Waals surface area (Å²) in [6.45, 7) is 0.309. The van der Waals surface area contributed by atoms with Crippen molar-refractivity contribution in [1.29, 1.82) is 0 Å². The second-order valence-corrected chi connectivity index (χ2v) is 6.30. The number of rotatable bonds is 7. The Morgan fingerprint density at radius 3 is 2.63 bits per heavy atom. The molecule has 1 rings (SSSR count). The highest BCUT2D eigenvalue weighted by Crippen LogP contribution is 2.25. The van der Waals surface area contributed by atoms with E-state index in [1.807, 2.05) is 6.26 Å². The smallest absolute Gasteiger partial charge is 0.271 e. The van der Waals surface area contributed by atoms with Crippen molar-refractivity contribution in [3.63, 3.8) is 0 Å². The predicted octanol–water partition coefficient (Wildman–Crippen LogP) is 1.28. The Bertz CT molecular complexity index is 560. The standard InChI is InChI=1S/C10H15N3O4S2/c1-11-9-7-8(13(14)15)3-4-10(9)19(16,17)12-5-6-18-2/h3-4,7,11-12H,5-6H2,1-2H3. The number of non-ortho nitro benzene ring substituents is 1. The van der Waals surface area contributed by atoms with Gasteiger partial charge in [-0.15, -0.1) is 0 Å². The lowest BCUT2D eigenvalue weighted by Gasteiger charge is -2.10. The van der Waals surface area contributed by atoms with Gasteiger partial charge in [0.15, 0.2) is 0 Å². The lowest BCUT2D eigenvalue weighted by molar-refractivity contribution is -0.384. The van der Waals surface area contributed by atoms with Crippen molar-refractivity contribution in [3.05, 3.63) is 28.3 Å². The summed E-state index contributed by atoms with van der Waals surface area (Å²) in [5.74, 6) is 0.654. The number of anilines is 1. The zero-order valence-corrected chi connectivity index (χ0v) is 12.2. The van der Waals surface area contributed by atoms with Crippen LogP contribution < -0.4 is 10.0 Å². The summed E-state index contributed by atoms with van der Waals surface area (Å²) in [5.41, 5.74) is 0.0401. The van der Waals surface area contributed by atoms with Gasteiger partial charge in [-0.3, -0.25) is 10.1 Å². The van der Waals surface area contributed by atoms with Crippen LogP contribution in [-0.2, 0) is 10.0 Å². The molecule has 0 heterocycles. The molecule has 0 unspecified atom stereocenters.